The second kappa shape index (κ2) is 3.64. The highest BCUT2D eigenvalue weighted by Crippen LogP contribution is 2.19. The number of nitrogens with zero attached hydrogens (tertiary/aromatic N) is 1. The van der Waals surface area contributed by atoms with Crippen molar-refractivity contribution < 1.29 is 9.52 Å². The Kier molecular flexibility index (Phi) is 2.33. The Morgan fingerprint density at radius 3 is 2.71 bits per heavy atom. The second-order valence-electron chi connectivity index (χ2n) is 3.14. The zero-order chi connectivity index (χ0) is 9.97. The third kappa shape index (κ3) is 1.67. The normalized spacial score (nSPS) is 10.4. The number of furan rings is 1. The number of pyridine rings is 1. The lowest BCUT2D eigenvalue weighted by Crippen LogP contribution is -1.81. The van der Waals surface area contributed by atoms with Gasteiger partial charge in [0.15, 0.2) is 5.76 Å². The van der Waals surface area contributed by atoms with Crippen molar-refractivity contribution in [1.29, 1.82) is 0 Å². The van der Waals surface area contributed by atoms with Gasteiger partial charge in [0.1, 0.15) is 18.1 Å². The lowest BCUT2D eigenvalue weighted by molar-refractivity contribution is 0.248. The van der Waals surface area contributed by atoms with Gasteiger partial charge in [-0.1, -0.05) is 6.07 Å². The molecule has 0 aliphatic carbocycles. The van der Waals surface area contributed by atoms with E-state index in [1.807, 2.05) is 25.1 Å². The number of aryl methyl sites for hydroxylation is 1. The maximum Gasteiger partial charge on any atom is 0.152 e. The Bertz CT molecular complexity index is 417. The highest BCUT2D eigenvalue weighted by molar-refractivity contribution is 5.52. The minimum Gasteiger partial charge on any atom is -0.457 e. The van der Waals surface area contributed by atoms with Gasteiger partial charge in [-0.25, -0.2) is 0 Å². The van der Waals surface area contributed by atoms with E-state index in [0.29, 0.717) is 11.5 Å². The fourth-order valence-electron chi connectivity index (χ4n) is 1.21. The van der Waals surface area contributed by atoms with E-state index < -0.39 is 0 Å². The largest absolute Gasteiger partial charge is 0.457 e. The number of aliphatic hydroxyl groups is 1. The van der Waals surface area contributed by atoms with Gasteiger partial charge < -0.3 is 9.52 Å². The van der Waals surface area contributed by atoms with E-state index in [1.54, 1.807) is 12.3 Å². The highest BCUT2D eigenvalue weighted by Gasteiger charge is 2.04. The first kappa shape index (κ1) is 8.97. The van der Waals surface area contributed by atoms with E-state index >= 15 is 0 Å². The number of rotatable bonds is 2. The van der Waals surface area contributed by atoms with Gasteiger partial charge in [-0.3, -0.25) is 4.98 Å². The fourth-order valence-corrected chi connectivity index (χ4v) is 1.21. The van der Waals surface area contributed by atoms with E-state index in [2.05, 4.69) is 4.98 Å². The molecule has 0 atom stereocenters. The average molecular weight is 189 g/mol. The summed E-state index contributed by atoms with van der Waals surface area (Å²) in [5, 5.41) is 8.83. The minimum atomic E-state index is -0.0775. The molecular weight excluding hydrogens is 178 g/mol. The van der Waals surface area contributed by atoms with Crippen LogP contribution in [0.5, 0.6) is 0 Å². The molecule has 0 fully saturated rings. The van der Waals surface area contributed by atoms with Crippen LogP contribution < -0.4 is 0 Å². The molecule has 2 heterocycles. The van der Waals surface area contributed by atoms with Crippen molar-refractivity contribution >= 4 is 0 Å². The monoisotopic (exact) mass is 189 g/mol. The van der Waals surface area contributed by atoms with Crippen LogP contribution in [0.1, 0.15) is 11.3 Å². The molecule has 14 heavy (non-hydrogen) atoms. The van der Waals surface area contributed by atoms with Crippen molar-refractivity contribution in [3.05, 3.63) is 41.8 Å². The molecule has 0 unspecified atom stereocenters. The Labute approximate surface area is 82.0 Å². The summed E-state index contributed by atoms with van der Waals surface area (Å²) < 4.78 is 5.35. The molecule has 3 nitrogen and oxygen atoms in total. The molecule has 0 radical (unpaired) electrons. The quantitative estimate of drug-likeness (QED) is 0.787. The van der Waals surface area contributed by atoms with Gasteiger partial charge in [0.25, 0.3) is 0 Å². The standard InChI is InChI=1S/C11H11NO2/c1-8-2-4-10(12-6-8)11-5-3-9(7-13)14-11/h2-6,13H,7H2,1H3. The van der Waals surface area contributed by atoms with Crippen LogP contribution in [-0.2, 0) is 6.61 Å². The number of hydrogen-bond acceptors (Lipinski definition) is 3. The molecule has 2 aromatic heterocycles. The molecular formula is C11H11NO2. The Hall–Kier alpha value is -1.61. The summed E-state index contributed by atoms with van der Waals surface area (Å²) in [6.45, 7) is 1.91. The SMILES string of the molecule is Cc1ccc(-c2ccc(CO)o2)nc1. The van der Waals surface area contributed by atoms with Crippen molar-refractivity contribution in [3.63, 3.8) is 0 Å². The molecule has 0 aromatic carbocycles. The minimum absolute atomic E-state index is 0.0775. The molecule has 0 aliphatic heterocycles. The van der Waals surface area contributed by atoms with Gasteiger partial charge in [0.2, 0.25) is 0 Å². The zero-order valence-electron chi connectivity index (χ0n) is 7.90. The van der Waals surface area contributed by atoms with Gasteiger partial charge in [0, 0.05) is 6.20 Å². The molecule has 0 bridgehead atoms. The third-order valence-corrected chi connectivity index (χ3v) is 1.98. The smallest absolute Gasteiger partial charge is 0.152 e. The van der Waals surface area contributed by atoms with Crippen molar-refractivity contribution in [2.75, 3.05) is 0 Å². The van der Waals surface area contributed by atoms with Gasteiger partial charge >= 0.3 is 0 Å². The van der Waals surface area contributed by atoms with Gasteiger partial charge in [-0.2, -0.15) is 0 Å². The number of aromatic nitrogens is 1. The van der Waals surface area contributed by atoms with Crippen molar-refractivity contribution in [2.45, 2.75) is 13.5 Å². The van der Waals surface area contributed by atoms with Crippen molar-refractivity contribution in [1.82, 2.24) is 4.98 Å². The third-order valence-electron chi connectivity index (χ3n) is 1.98. The summed E-state index contributed by atoms with van der Waals surface area (Å²) in [6.07, 6.45) is 1.79. The molecule has 3 heteroatoms. The summed E-state index contributed by atoms with van der Waals surface area (Å²) >= 11 is 0. The van der Waals surface area contributed by atoms with Crippen LogP contribution in [-0.4, -0.2) is 10.1 Å². The summed E-state index contributed by atoms with van der Waals surface area (Å²) in [4.78, 5) is 4.22. The van der Waals surface area contributed by atoms with Gasteiger partial charge in [0.05, 0.1) is 0 Å². The van der Waals surface area contributed by atoms with E-state index in [4.69, 9.17) is 9.52 Å². The molecule has 0 aliphatic rings. The number of hydrogen-bond donors (Lipinski definition) is 1. The zero-order valence-corrected chi connectivity index (χ0v) is 7.90. The van der Waals surface area contributed by atoms with Crippen LogP contribution in [0.25, 0.3) is 11.5 Å². The van der Waals surface area contributed by atoms with Crippen LogP contribution in [0.2, 0.25) is 0 Å². The highest BCUT2D eigenvalue weighted by atomic mass is 16.4. The first-order valence-electron chi connectivity index (χ1n) is 4.42. The maximum atomic E-state index is 8.83. The Morgan fingerprint density at radius 1 is 1.29 bits per heavy atom. The summed E-state index contributed by atoms with van der Waals surface area (Å²) in [7, 11) is 0. The summed E-state index contributed by atoms with van der Waals surface area (Å²) in [5.41, 5.74) is 1.90. The molecule has 0 saturated carbocycles. The van der Waals surface area contributed by atoms with Crippen LogP contribution in [0.3, 0.4) is 0 Å². The lowest BCUT2D eigenvalue weighted by atomic mass is 10.2. The molecule has 72 valence electrons. The van der Waals surface area contributed by atoms with E-state index in [1.165, 1.54) is 0 Å². The van der Waals surface area contributed by atoms with Crippen LogP contribution in [0.4, 0.5) is 0 Å². The molecule has 0 saturated heterocycles. The van der Waals surface area contributed by atoms with Crippen LogP contribution in [0, 0.1) is 6.92 Å². The molecule has 1 N–H and O–H groups in total. The first-order chi connectivity index (χ1) is 6.79. The molecule has 0 amide bonds. The summed E-state index contributed by atoms with van der Waals surface area (Å²) in [6, 6.07) is 7.43. The molecule has 2 aromatic rings. The van der Waals surface area contributed by atoms with Crippen LogP contribution >= 0.6 is 0 Å². The average Bonchev–Trinajstić information content (AvgIpc) is 2.67. The Morgan fingerprint density at radius 2 is 2.14 bits per heavy atom. The predicted octanol–water partition coefficient (Wildman–Crippen LogP) is 2.14. The maximum absolute atomic E-state index is 8.83. The van der Waals surface area contributed by atoms with E-state index in [-0.39, 0.29) is 6.61 Å². The fraction of sp³-hybridized carbons (Fsp3) is 0.182. The predicted molar refractivity (Wildman–Crippen MR) is 52.6 cm³/mol. The topological polar surface area (TPSA) is 46.3 Å². The first-order valence-corrected chi connectivity index (χ1v) is 4.42. The van der Waals surface area contributed by atoms with Gasteiger partial charge in [-0.15, -0.1) is 0 Å². The van der Waals surface area contributed by atoms with E-state index in [9.17, 15) is 0 Å². The molecule has 2 rings (SSSR count). The second-order valence-corrected chi connectivity index (χ2v) is 3.14. The Balaban J connectivity index is 2.34. The van der Waals surface area contributed by atoms with Gasteiger partial charge in [-0.05, 0) is 30.7 Å². The lowest BCUT2D eigenvalue weighted by Gasteiger charge is -1.96. The van der Waals surface area contributed by atoms with Crippen molar-refractivity contribution in [2.24, 2.45) is 0 Å². The number of aliphatic hydroxyl groups excluding tert-OH is 1. The molecule has 0 spiro atoms. The van der Waals surface area contributed by atoms with Crippen LogP contribution in [0.15, 0.2) is 34.9 Å². The van der Waals surface area contributed by atoms with E-state index in [0.717, 1.165) is 11.3 Å². The van der Waals surface area contributed by atoms with Crippen molar-refractivity contribution in [3.8, 4) is 11.5 Å². The summed E-state index contributed by atoms with van der Waals surface area (Å²) in [5.74, 6) is 1.25.